The predicted molar refractivity (Wildman–Crippen MR) is 92.4 cm³/mol. The first-order chi connectivity index (χ1) is 12.1. The second-order valence-corrected chi connectivity index (χ2v) is 6.49. The summed E-state index contributed by atoms with van der Waals surface area (Å²) < 4.78 is 16.6. The van der Waals surface area contributed by atoms with Crippen LogP contribution in [0.5, 0.6) is 17.2 Å². The van der Waals surface area contributed by atoms with E-state index in [0.29, 0.717) is 28.7 Å². The molecule has 5 heteroatoms. The Morgan fingerprint density at radius 1 is 1.08 bits per heavy atom. The van der Waals surface area contributed by atoms with Gasteiger partial charge < -0.3 is 19.9 Å². The molecule has 25 heavy (non-hydrogen) atoms. The summed E-state index contributed by atoms with van der Waals surface area (Å²) >= 11 is 0. The second-order valence-electron chi connectivity index (χ2n) is 6.49. The largest absolute Gasteiger partial charge is 0.454 e. The van der Waals surface area contributed by atoms with Crippen LogP contribution in [0.4, 0.5) is 0 Å². The van der Waals surface area contributed by atoms with Crippen LogP contribution in [0, 0.1) is 11.3 Å². The Morgan fingerprint density at radius 3 is 2.40 bits per heavy atom. The van der Waals surface area contributed by atoms with Gasteiger partial charge in [-0.2, -0.15) is 5.26 Å². The molecule has 0 saturated heterocycles. The highest BCUT2D eigenvalue weighted by Crippen LogP contribution is 2.47. The Labute approximate surface area is 146 Å². The average molecular weight is 334 g/mol. The summed E-state index contributed by atoms with van der Waals surface area (Å²) in [5.41, 5.74) is 9.52. The van der Waals surface area contributed by atoms with Crippen LogP contribution >= 0.6 is 0 Å². The van der Waals surface area contributed by atoms with Gasteiger partial charge >= 0.3 is 0 Å². The Kier molecular flexibility index (Phi) is 3.54. The second kappa shape index (κ2) is 5.75. The van der Waals surface area contributed by atoms with Gasteiger partial charge in [0, 0.05) is 11.6 Å². The molecule has 0 aliphatic carbocycles. The molecule has 5 nitrogen and oxygen atoms in total. The third-order valence-electron chi connectivity index (χ3n) is 4.65. The molecule has 0 amide bonds. The number of ether oxygens (including phenoxy) is 3. The van der Waals surface area contributed by atoms with E-state index in [0.717, 1.165) is 11.1 Å². The zero-order chi connectivity index (χ0) is 17.6. The quantitative estimate of drug-likeness (QED) is 0.905. The van der Waals surface area contributed by atoms with Gasteiger partial charge in [0.05, 0.1) is 5.92 Å². The van der Waals surface area contributed by atoms with Crippen molar-refractivity contribution in [1.82, 2.24) is 0 Å². The normalized spacial score (nSPS) is 17.9. The summed E-state index contributed by atoms with van der Waals surface area (Å²) in [7, 11) is 0. The fourth-order valence-corrected chi connectivity index (χ4v) is 3.26. The van der Waals surface area contributed by atoms with Crippen LogP contribution in [0.25, 0.3) is 0 Å². The molecule has 2 N–H and O–H groups in total. The first-order valence-electron chi connectivity index (χ1n) is 8.19. The molecule has 2 aromatic rings. The monoisotopic (exact) mass is 334 g/mol. The highest BCUT2D eigenvalue weighted by molar-refractivity contribution is 5.61. The van der Waals surface area contributed by atoms with Crippen molar-refractivity contribution in [3.8, 4) is 23.3 Å². The SMILES string of the molecule is CC(C)c1ccc(C2C(C#N)=C(N)Oc3cc4c(cc32)OCO4)cc1. The molecular weight excluding hydrogens is 316 g/mol. The first-order valence-corrected chi connectivity index (χ1v) is 8.19. The van der Waals surface area contributed by atoms with Gasteiger partial charge in [-0.1, -0.05) is 38.1 Å². The molecule has 0 fully saturated rings. The van der Waals surface area contributed by atoms with Crippen LogP contribution in [-0.4, -0.2) is 6.79 Å². The number of benzene rings is 2. The summed E-state index contributed by atoms with van der Waals surface area (Å²) in [6.07, 6.45) is 0. The lowest BCUT2D eigenvalue weighted by Gasteiger charge is -2.27. The van der Waals surface area contributed by atoms with Crippen LogP contribution in [0.15, 0.2) is 47.9 Å². The molecular formula is C20H18N2O3. The molecule has 1 atom stereocenters. The fourth-order valence-electron chi connectivity index (χ4n) is 3.26. The van der Waals surface area contributed by atoms with Crippen molar-refractivity contribution < 1.29 is 14.2 Å². The minimum absolute atomic E-state index is 0.131. The third-order valence-corrected chi connectivity index (χ3v) is 4.65. The standard InChI is InChI=1S/C20H18N2O3/c1-11(2)12-3-5-13(6-4-12)19-14-7-17-18(24-10-23-17)8-16(14)25-20(22)15(19)9-21/h3-8,11,19H,10,22H2,1-2H3. The van der Waals surface area contributed by atoms with Gasteiger partial charge in [0.2, 0.25) is 12.7 Å². The maximum absolute atomic E-state index is 9.63. The molecule has 2 aromatic carbocycles. The van der Waals surface area contributed by atoms with E-state index >= 15 is 0 Å². The molecule has 2 aliphatic rings. The van der Waals surface area contributed by atoms with Gasteiger partial charge in [-0.15, -0.1) is 0 Å². The van der Waals surface area contributed by atoms with Crippen LogP contribution in [0.3, 0.4) is 0 Å². The van der Waals surface area contributed by atoms with E-state index in [1.807, 2.05) is 18.2 Å². The summed E-state index contributed by atoms with van der Waals surface area (Å²) in [6, 6.07) is 14.1. The van der Waals surface area contributed by atoms with Crippen molar-refractivity contribution in [3.63, 3.8) is 0 Å². The Morgan fingerprint density at radius 2 is 1.76 bits per heavy atom. The smallest absolute Gasteiger partial charge is 0.231 e. The van der Waals surface area contributed by atoms with Crippen molar-refractivity contribution in [3.05, 3.63) is 64.5 Å². The maximum Gasteiger partial charge on any atom is 0.231 e. The Balaban J connectivity index is 1.86. The van der Waals surface area contributed by atoms with Crippen LogP contribution in [0.2, 0.25) is 0 Å². The number of hydrogen-bond donors (Lipinski definition) is 1. The minimum atomic E-state index is -0.288. The molecule has 2 heterocycles. The van der Waals surface area contributed by atoms with Crippen LogP contribution < -0.4 is 19.9 Å². The Bertz CT molecular complexity index is 908. The lowest BCUT2D eigenvalue weighted by atomic mass is 9.82. The lowest BCUT2D eigenvalue weighted by molar-refractivity contribution is 0.174. The minimum Gasteiger partial charge on any atom is -0.454 e. The molecule has 0 aromatic heterocycles. The number of allylic oxidation sites excluding steroid dienone is 1. The predicted octanol–water partition coefficient (Wildman–Crippen LogP) is 3.76. The summed E-state index contributed by atoms with van der Waals surface area (Å²) in [5, 5.41) is 9.63. The number of nitrogens with two attached hydrogens (primary N) is 1. The molecule has 0 radical (unpaired) electrons. The number of nitrogens with zero attached hydrogens (tertiary/aromatic N) is 1. The van der Waals surface area contributed by atoms with E-state index < -0.39 is 0 Å². The topological polar surface area (TPSA) is 77.5 Å². The third kappa shape index (κ3) is 2.47. The molecule has 0 bridgehead atoms. The molecule has 4 rings (SSSR count). The van der Waals surface area contributed by atoms with Crippen molar-refractivity contribution >= 4 is 0 Å². The van der Waals surface area contributed by atoms with E-state index in [4.69, 9.17) is 19.9 Å². The fraction of sp³-hybridized carbons (Fsp3) is 0.250. The van der Waals surface area contributed by atoms with E-state index in [2.05, 4.69) is 32.0 Å². The summed E-state index contributed by atoms with van der Waals surface area (Å²) in [5.74, 6) is 2.17. The van der Waals surface area contributed by atoms with Crippen molar-refractivity contribution in [1.29, 1.82) is 5.26 Å². The highest BCUT2D eigenvalue weighted by Gasteiger charge is 2.33. The number of fused-ring (bicyclic) bond motifs is 2. The van der Waals surface area contributed by atoms with Crippen LogP contribution in [0.1, 0.15) is 42.4 Å². The first kappa shape index (κ1) is 15.4. The number of rotatable bonds is 2. The number of hydrogen-bond acceptors (Lipinski definition) is 5. The summed E-state index contributed by atoms with van der Waals surface area (Å²) in [6.45, 7) is 4.48. The highest BCUT2D eigenvalue weighted by atomic mass is 16.7. The van der Waals surface area contributed by atoms with E-state index in [9.17, 15) is 5.26 Å². The summed E-state index contributed by atoms with van der Waals surface area (Å²) in [4.78, 5) is 0. The maximum atomic E-state index is 9.63. The van der Waals surface area contributed by atoms with E-state index in [1.165, 1.54) is 5.56 Å². The van der Waals surface area contributed by atoms with Gasteiger partial charge in [0.1, 0.15) is 17.4 Å². The molecule has 2 aliphatic heterocycles. The van der Waals surface area contributed by atoms with Gasteiger partial charge in [-0.05, 0) is 23.1 Å². The zero-order valence-electron chi connectivity index (χ0n) is 14.1. The van der Waals surface area contributed by atoms with E-state index in [-0.39, 0.29) is 18.6 Å². The lowest BCUT2D eigenvalue weighted by Crippen LogP contribution is -2.21. The molecule has 0 saturated carbocycles. The van der Waals surface area contributed by atoms with Gasteiger partial charge in [-0.3, -0.25) is 0 Å². The molecule has 0 spiro atoms. The van der Waals surface area contributed by atoms with Crippen molar-refractivity contribution in [2.45, 2.75) is 25.7 Å². The molecule has 126 valence electrons. The van der Waals surface area contributed by atoms with Gasteiger partial charge in [0.25, 0.3) is 0 Å². The zero-order valence-corrected chi connectivity index (χ0v) is 14.1. The average Bonchev–Trinajstić information content (AvgIpc) is 3.06. The molecule has 1 unspecified atom stereocenters. The Hall–Kier alpha value is -3.13. The van der Waals surface area contributed by atoms with E-state index in [1.54, 1.807) is 6.07 Å². The van der Waals surface area contributed by atoms with Crippen LogP contribution in [-0.2, 0) is 0 Å². The van der Waals surface area contributed by atoms with Crippen molar-refractivity contribution in [2.24, 2.45) is 5.73 Å². The van der Waals surface area contributed by atoms with Crippen molar-refractivity contribution in [2.75, 3.05) is 6.79 Å². The van der Waals surface area contributed by atoms with Gasteiger partial charge in [0.15, 0.2) is 11.5 Å². The number of nitriles is 1. The van der Waals surface area contributed by atoms with Gasteiger partial charge in [-0.25, -0.2) is 0 Å².